The van der Waals surface area contributed by atoms with Crippen LogP contribution in [0.15, 0.2) is 145 Å². The highest BCUT2D eigenvalue weighted by atomic mass is 28.3. The van der Waals surface area contributed by atoms with Gasteiger partial charge in [0.2, 0.25) is 0 Å². The van der Waals surface area contributed by atoms with Crippen molar-refractivity contribution in [2.45, 2.75) is 0 Å². The third-order valence-corrected chi connectivity index (χ3v) is 13.6. The highest BCUT2D eigenvalue weighted by Gasteiger charge is 2.43. The number of benzene rings is 4. The molecule has 4 nitrogen and oxygen atoms in total. The zero-order valence-corrected chi connectivity index (χ0v) is 25.1. The predicted molar refractivity (Wildman–Crippen MR) is 187 cm³/mol. The maximum atomic E-state index is 5.17. The summed E-state index contributed by atoms with van der Waals surface area (Å²) in [5.74, 6) is 0. The van der Waals surface area contributed by atoms with Gasteiger partial charge in [-0.1, -0.05) is 108 Å². The summed E-state index contributed by atoms with van der Waals surface area (Å²) in [6.45, 7) is 0. The topological polar surface area (TPSA) is 51.6 Å². The Morgan fingerprint density at radius 1 is 0.422 bits per heavy atom. The Kier molecular flexibility index (Phi) is 4.99. The quantitative estimate of drug-likeness (QED) is 0.152. The Morgan fingerprint density at radius 2 is 0.867 bits per heavy atom. The van der Waals surface area contributed by atoms with Crippen molar-refractivity contribution in [2.75, 3.05) is 0 Å². The normalized spacial score (nSPS) is 14.2. The minimum atomic E-state index is -2.28. The average molecular weight is 589 g/mol. The first-order valence-corrected chi connectivity index (χ1v) is 17.4. The van der Waals surface area contributed by atoms with Gasteiger partial charge >= 0.3 is 0 Å². The Bertz CT molecular complexity index is 2440. The summed E-state index contributed by atoms with van der Waals surface area (Å²) in [6, 6.07) is 39.1. The molecular formula is C40H24N4Si. The van der Waals surface area contributed by atoms with Gasteiger partial charge < -0.3 is 0 Å². The van der Waals surface area contributed by atoms with Crippen molar-refractivity contribution >= 4 is 62.1 Å². The van der Waals surface area contributed by atoms with Crippen LogP contribution in [0.25, 0.3) is 77.3 Å². The molecule has 208 valence electrons. The highest BCUT2D eigenvalue weighted by Crippen LogP contribution is 2.36. The largest absolute Gasteiger partial charge is 0.254 e. The maximum absolute atomic E-state index is 5.17. The molecule has 4 aromatic carbocycles. The fourth-order valence-corrected chi connectivity index (χ4v) is 11.4. The molecule has 10 rings (SSSR count). The van der Waals surface area contributed by atoms with E-state index in [0.717, 1.165) is 66.1 Å². The zero-order valence-electron chi connectivity index (χ0n) is 24.1. The van der Waals surface area contributed by atoms with Gasteiger partial charge in [0.15, 0.2) is 8.07 Å². The van der Waals surface area contributed by atoms with E-state index in [-0.39, 0.29) is 0 Å². The molecule has 4 aromatic heterocycles. The monoisotopic (exact) mass is 588 g/mol. The summed E-state index contributed by atoms with van der Waals surface area (Å²) >= 11 is 0. The summed E-state index contributed by atoms with van der Waals surface area (Å²) in [5.41, 5.74) is 15.5. The number of aromatic nitrogens is 4. The third-order valence-electron chi connectivity index (χ3n) is 9.51. The van der Waals surface area contributed by atoms with Crippen LogP contribution in [-0.4, -0.2) is 28.0 Å². The standard InChI is InChI=1S/C40H24N4Si/c1-2-22-45(21-1)35-23-29(33-17-13-27-9-7-25-5-3-19-41-37(25)39(27)43-33)11-15-31(35)32-16-12-30(24-36(32)45)34-18-14-28-10-8-26-6-4-20-42-38(26)40(28)44-34/h1-24H. The van der Waals surface area contributed by atoms with Crippen LogP contribution in [-0.2, 0) is 0 Å². The number of rotatable bonds is 2. The van der Waals surface area contributed by atoms with Gasteiger partial charge in [0.05, 0.1) is 33.5 Å². The molecule has 2 aliphatic rings. The van der Waals surface area contributed by atoms with E-state index in [0.29, 0.717) is 0 Å². The van der Waals surface area contributed by atoms with E-state index in [9.17, 15) is 0 Å². The summed E-state index contributed by atoms with van der Waals surface area (Å²) in [4.78, 5) is 19.7. The van der Waals surface area contributed by atoms with E-state index in [1.807, 2.05) is 24.5 Å². The summed E-state index contributed by atoms with van der Waals surface area (Å²) in [6.07, 6.45) is 8.14. The molecule has 0 unspecified atom stereocenters. The van der Waals surface area contributed by atoms with Crippen LogP contribution in [0.5, 0.6) is 0 Å². The summed E-state index contributed by atoms with van der Waals surface area (Å²) < 4.78 is 0. The van der Waals surface area contributed by atoms with E-state index >= 15 is 0 Å². The van der Waals surface area contributed by atoms with Gasteiger partial charge in [-0.2, -0.15) is 0 Å². The fraction of sp³-hybridized carbons (Fsp3) is 0. The molecule has 0 amide bonds. The molecule has 0 saturated carbocycles. The van der Waals surface area contributed by atoms with Crippen LogP contribution in [0.3, 0.4) is 0 Å². The lowest BCUT2D eigenvalue weighted by molar-refractivity contribution is 1.37. The first-order valence-electron chi connectivity index (χ1n) is 15.2. The molecule has 0 fully saturated rings. The second kappa shape index (κ2) is 9.11. The number of nitrogens with zero attached hydrogens (tertiary/aromatic N) is 4. The molecule has 0 radical (unpaired) electrons. The lowest BCUT2D eigenvalue weighted by atomic mass is 10.00. The van der Waals surface area contributed by atoms with Crippen molar-refractivity contribution in [2.24, 2.45) is 0 Å². The van der Waals surface area contributed by atoms with Crippen LogP contribution in [0.4, 0.5) is 0 Å². The number of hydrogen-bond acceptors (Lipinski definition) is 4. The van der Waals surface area contributed by atoms with Gasteiger partial charge in [-0.3, -0.25) is 9.97 Å². The van der Waals surface area contributed by atoms with Gasteiger partial charge in [-0.05, 0) is 45.8 Å². The first kappa shape index (κ1) is 24.6. The number of allylic oxidation sites excluding steroid dienone is 2. The van der Waals surface area contributed by atoms with Crippen molar-refractivity contribution in [3.05, 3.63) is 145 Å². The van der Waals surface area contributed by atoms with Crippen LogP contribution in [0, 0.1) is 0 Å². The molecule has 1 spiro atoms. The Labute approximate surface area is 260 Å². The van der Waals surface area contributed by atoms with E-state index in [4.69, 9.17) is 9.97 Å². The molecule has 45 heavy (non-hydrogen) atoms. The van der Waals surface area contributed by atoms with Crippen molar-refractivity contribution in [3.8, 4) is 33.6 Å². The Hall–Kier alpha value is -5.78. The molecule has 0 bridgehead atoms. The molecule has 6 heterocycles. The molecule has 0 N–H and O–H groups in total. The SMILES string of the molecule is C1=C[Si]2(C=C1)c1cc(-c3ccc4ccc5cccnc5c4n3)ccc1-c1ccc(-c3ccc4ccc5cccnc5c4n3)cc12. The van der Waals surface area contributed by atoms with Gasteiger partial charge in [0, 0.05) is 45.1 Å². The van der Waals surface area contributed by atoms with Crippen LogP contribution >= 0.6 is 0 Å². The fourth-order valence-electron chi connectivity index (χ4n) is 7.30. The van der Waals surface area contributed by atoms with Crippen LogP contribution in [0.2, 0.25) is 0 Å². The van der Waals surface area contributed by atoms with E-state index < -0.39 is 8.07 Å². The molecule has 8 aromatic rings. The number of fused-ring (bicyclic) bond motifs is 11. The van der Waals surface area contributed by atoms with Crippen molar-refractivity contribution < 1.29 is 0 Å². The molecule has 0 aliphatic carbocycles. The smallest absolute Gasteiger partial charge is 0.166 e. The molecule has 0 saturated heterocycles. The zero-order chi connectivity index (χ0) is 29.5. The first-order chi connectivity index (χ1) is 22.2. The van der Waals surface area contributed by atoms with Crippen molar-refractivity contribution in [3.63, 3.8) is 0 Å². The number of pyridine rings is 4. The second-order valence-corrected chi connectivity index (χ2v) is 15.4. The lowest BCUT2D eigenvalue weighted by Crippen LogP contribution is -2.51. The van der Waals surface area contributed by atoms with E-state index in [2.05, 4.69) is 131 Å². The van der Waals surface area contributed by atoms with Crippen LogP contribution < -0.4 is 10.4 Å². The molecule has 2 aliphatic heterocycles. The lowest BCUT2D eigenvalue weighted by Gasteiger charge is -2.21. The van der Waals surface area contributed by atoms with E-state index in [1.54, 1.807) is 0 Å². The highest BCUT2D eigenvalue weighted by molar-refractivity contribution is 7.12. The third kappa shape index (κ3) is 3.53. The molecule has 5 heteroatoms. The van der Waals surface area contributed by atoms with Gasteiger partial charge in [-0.25, -0.2) is 9.97 Å². The van der Waals surface area contributed by atoms with Gasteiger partial charge in [0.25, 0.3) is 0 Å². The molecular weight excluding hydrogens is 565 g/mol. The van der Waals surface area contributed by atoms with Gasteiger partial charge in [-0.15, -0.1) is 0 Å². The number of hydrogen-bond donors (Lipinski definition) is 0. The Morgan fingerprint density at radius 3 is 1.36 bits per heavy atom. The Balaban J connectivity index is 1.12. The predicted octanol–water partition coefficient (Wildman–Crippen LogP) is 7.96. The van der Waals surface area contributed by atoms with Crippen molar-refractivity contribution in [1.29, 1.82) is 0 Å². The minimum Gasteiger partial charge on any atom is -0.254 e. The minimum absolute atomic E-state index is 0.941. The van der Waals surface area contributed by atoms with Crippen LogP contribution in [0.1, 0.15) is 0 Å². The second-order valence-electron chi connectivity index (χ2n) is 11.9. The average Bonchev–Trinajstić information content (AvgIpc) is 3.71. The molecule has 0 atom stereocenters. The summed E-state index contributed by atoms with van der Waals surface area (Å²) in [7, 11) is -2.28. The van der Waals surface area contributed by atoms with E-state index in [1.165, 1.54) is 21.5 Å². The van der Waals surface area contributed by atoms with Crippen molar-refractivity contribution in [1.82, 2.24) is 19.9 Å². The van der Waals surface area contributed by atoms with Gasteiger partial charge in [0.1, 0.15) is 0 Å². The maximum Gasteiger partial charge on any atom is 0.166 e. The summed E-state index contributed by atoms with van der Waals surface area (Å²) in [5, 5.41) is 7.24.